The maximum atomic E-state index is 13.0. The van der Waals surface area contributed by atoms with E-state index in [9.17, 15) is 18.0 Å². The minimum Gasteiger partial charge on any atom is -0.478 e. The van der Waals surface area contributed by atoms with E-state index in [0.29, 0.717) is 0 Å². The van der Waals surface area contributed by atoms with E-state index in [0.717, 1.165) is 12.1 Å². The van der Waals surface area contributed by atoms with Crippen molar-refractivity contribution in [3.63, 3.8) is 0 Å². The number of benzene rings is 1. The van der Waals surface area contributed by atoms with Gasteiger partial charge in [-0.2, -0.15) is 0 Å². The van der Waals surface area contributed by atoms with Gasteiger partial charge in [0.25, 0.3) is 0 Å². The van der Waals surface area contributed by atoms with Crippen molar-refractivity contribution in [1.82, 2.24) is 4.98 Å². The molecule has 3 nitrogen and oxygen atoms in total. The van der Waals surface area contributed by atoms with E-state index < -0.39 is 23.4 Å². The first kappa shape index (κ1) is 11.3. The third-order valence-corrected chi connectivity index (χ3v) is 2.27. The molecule has 0 saturated heterocycles. The summed E-state index contributed by atoms with van der Waals surface area (Å²) in [5.41, 5.74) is -0.0919. The minimum absolute atomic E-state index is 0.0416. The number of carboxylic acid groups (broad SMARTS) is 1. The van der Waals surface area contributed by atoms with Crippen LogP contribution < -0.4 is 0 Å². The Hall–Kier alpha value is -2.24. The molecule has 1 aromatic carbocycles. The van der Waals surface area contributed by atoms with Gasteiger partial charge in [-0.3, -0.25) is 0 Å². The van der Waals surface area contributed by atoms with E-state index in [4.69, 9.17) is 5.11 Å². The van der Waals surface area contributed by atoms with Crippen molar-refractivity contribution >= 4 is 5.97 Å². The molecular formula is C11H6F3NO2. The SMILES string of the molecule is O=C(O)c1c[nH]cc1-c1cc(F)c(F)c(F)c1. The van der Waals surface area contributed by atoms with E-state index in [-0.39, 0.29) is 16.7 Å². The smallest absolute Gasteiger partial charge is 0.337 e. The van der Waals surface area contributed by atoms with Crippen LogP contribution in [0.25, 0.3) is 11.1 Å². The van der Waals surface area contributed by atoms with Crippen molar-refractivity contribution in [2.45, 2.75) is 0 Å². The molecule has 0 aliphatic rings. The summed E-state index contributed by atoms with van der Waals surface area (Å²) in [6.45, 7) is 0. The summed E-state index contributed by atoms with van der Waals surface area (Å²) >= 11 is 0. The zero-order valence-corrected chi connectivity index (χ0v) is 8.30. The average Bonchev–Trinajstić information content (AvgIpc) is 2.74. The van der Waals surface area contributed by atoms with E-state index in [2.05, 4.69) is 4.98 Å². The number of hydrogen-bond acceptors (Lipinski definition) is 1. The Labute approximate surface area is 93.5 Å². The molecule has 0 atom stereocenters. The van der Waals surface area contributed by atoms with E-state index >= 15 is 0 Å². The van der Waals surface area contributed by atoms with Crippen LogP contribution in [0.4, 0.5) is 13.2 Å². The van der Waals surface area contributed by atoms with Crippen LogP contribution >= 0.6 is 0 Å². The van der Waals surface area contributed by atoms with Gasteiger partial charge in [-0.15, -0.1) is 0 Å². The molecule has 17 heavy (non-hydrogen) atoms. The standard InChI is InChI=1S/C11H6F3NO2/c12-8-1-5(2-9(13)10(8)14)6-3-15-4-7(6)11(16)17/h1-4,15H,(H,16,17). The Morgan fingerprint density at radius 1 is 1.12 bits per heavy atom. The van der Waals surface area contributed by atoms with Gasteiger partial charge in [0, 0.05) is 18.0 Å². The number of nitrogens with one attached hydrogen (secondary N) is 1. The summed E-state index contributed by atoms with van der Waals surface area (Å²) in [6.07, 6.45) is 2.45. The Balaban J connectivity index is 2.61. The number of H-pyrrole nitrogens is 1. The first-order valence-corrected chi connectivity index (χ1v) is 4.55. The van der Waals surface area contributed by atoms with Crippen LogP contribution in [0.2, 0.25) is 0 Å². The molecule has 0 saturated carbocycles. The highest BCUT2D eigenvalue weighted by Gasteiger charge is 2.17. The number of carboxylic acids is 1. The third-order valence-electron chi connectivity index (χ3n) is 2.27. The monoisotopic (exact) mass is 241 g/mol. The second-order valence-electron chi connectivity index (χ2n) is 3.34. The summed E-state index contributed by atoms with van der Waals surface area (Å²) in [5, 5.41) is 8.83. The molecule has 0 aliphatic heterocycles. The van der Waals surface area contributed by atoms with E-state index in [1.165, 1.54) is 12.4 Å². The third kappa shape index (κ3) is 1.89. The van der Waals surface area contributed by atoms with Crippen molar-refractivity contribution < 1.29 is 23.1 Å². The Morgan fingerprint density at radius 2 is 1.71 bits per heavy atom. The molecule has 0 unspecified atom stereocenters. The molecule has 6 heteroatoms. The van der Waals surface area contributed by atoms with Gasteiger partial charge in [0.2, 0.25) is 0 Å². The molecule has 0 bridgehead atoms. The highest BCUT2D eigenvalue weighted by atomic mass is 19.2. The van der Waals surface area contributed by atoms with Crippen molar-refractivity contribution in [2.24, 2.45) is 0 Å². The Morgan fingerprint density at radius 3 is 2.24 bits per heavy atom. The fraction of sp³-hybridized carbons (Fsp3) is 0. The molecule has 0 aliphatic carbocycles. The van der Waals surface area contributed by atoms with Crippen LogP contribution in [0, 0.1) is 17.5 Å². The van der Waals surface area contributed by atoms with Crippen LogP contribution in [0.15, 0.2) is 24.5 Å². The number of rotatable bonds is 2. The van der Waals surface area contributed by atoms with Crippen molar-refractivity contribution in [3.8, 4) is 11.1 Å². The maximum Gasteiger partial charge on any atom is 0.337 e. The number of aromatic carboxylic acids is 1. The molecule has 2 N–H and O–H groups in total. The predicted molar refractivity (Wildman–Crippen MR) is 53.1 cm³/mol. The Kier molecular flexibility index (Phi) is 2.63. The van der Waals surface area contributed by atoms with Crippen LogP contribution in [-0.2, 0) is 0 Å². The van der Waals surface area contributed by atoms with Crippen LogP contribution in [0.3, 0.4) is 0 Å². The van der Waals surface area contributed by atoms with Gasteiger partial charge in [-0.05, 0) is 17.7 Å². The molecule has 0 radical (unpaired) electrons. The minimum atomic E-state index is -1.58. The molecule has 88 valence electrons. The molecule has 0 spiro atoms. The lowest BCUT2D eigenvalue weighted by Gasteiger charge is -2.02. The highest BCUT2D eigenvalue weighted by Crippen LogP contribution is 2.26. The lowest BCUT2D eigenvalue weighted by atomic mass is 10.0. The van der Waals surface area contributed by atoms with Gasteiger partial charge in [0.1, 0.15) is 0 Å². The number of aromatic amines is 1. The van der Waals surface area contributed by atoms with Crippen molar-refractivity contribution in [2.75, 3.05) is 0 Å². The van der Waals surface area contributed by atoms with Crippen molar-refractivity contribution in [3.05, 3.63) is 47.5 Å². The maximum absolute atomic E-state index is 13.0. The molecule has 2 aromatic rings. The first-order chi connectivity index (χ1) is 8.00. The number of halogens is 3. The molecular weight excluding hydrogens is 235 g/mol. The van der Waals surface area contributed by atoms with Gasteiger partial charge < -0.3 is 10.1 Å². The average molecular weight is 241 g/mol. The summed E-state index contributed by atoms with van der Waals surface area (Å²) in [4.78, 5) is 13.3. The first-order valence-electron chi connectivity index (χ1n) is 4.55. The van der Waals surface area contributed by atoms with E-state index in [1.807, 2.05) is 0 Å². The van der Waals surface area contributed by atoms with Crippen LogP contribution in [0.1, 0.15) is 10.4 Å². The zero-order chi connectivity index (χ0) is 12.6. The lowest BCUT2D eigenvalue weighted by molar-refractivity contribution is 0.0698. The normalized spacial score (nSPS) is 10.5. The van der Waals surface area contributed by atoms with E-state index in [1.54, 1.807) is 0 Å². The number of aromatic nitrogens is 1. The zero-order valence-electron chi connectivity index (χ0n) is 8.30. The second-order valence-corrected chi connectivity index (χ2v) is 3.34. The van der Waals surface area contributed by atoms with Gasteiger partial charge in [-0.25, -0.2) is 18.0 Å². The van der Waals surface area contributed by atoms with Crippen molar-refractivity contribution in [1.29, 1.82) is 0 Å². The van der Waals surface area contributed by atoms with Gasteiger partial charge >= 0.3 is 5.97 Å². The summed E-state index contributed by atoms with van der Waals surface area (Å²) in [7, 11) is 0. The second kappa shape index (κ2) is 3.97. The topological polar surface area (TPSA) is 53.1 Å². The summed E-state index contributed by atoms with van der Waals surface area (Å²) in [6, 6.07) is 1.49. The van der Waals surface area contributed by atoms with Crippen LogP contribution in [0.5, 0.6) is 0 Å². The summed E-state index contributed by atoms with van der Waals surface area (Å²) < 4.78 is 38.7. The largest absolute Gasteiger partial charge is 0.478 e. The molecule has 0 fully saturated rings. The van der Waals surface area contributed by atoms with Gasteiger partial charge in [0.05, 0.1) is 5.56 Å². The number of carbonyl (C=O) groups is 1. The molecule has 1 heterocycles. The van der Waals surface area contributed by atoms with Crippen LogP contribution in [-0.4, -0.2) is 16.1 Å². The highest BCUT2D eigenvalue weighted by molar-refractivity contribution is 5.95. The predicted octanol–water partition coefficient (Wildman–Crippen LogP) is 2.80. The lowest BCUT2D eigenvalue weighted by Crippen LogP contribution is -1.97. The molecule has 1 aromatic heterocycles. The fourth-order valence-electron chi connectivity index (χ4n) is 1.49. The van der Waals surface area contributed by atoms with Gasteiger partial charge in [0.15, 0.2) is 17.5 Å². The van der Waals surface area contributed by atoms with Gasteiger partial charge in [-0.1, -0.05) is 0 Å². The molecule has 2 rings (SSSR count). The Bertz CT molecular complexity index is 569. The number of hydrogen-bond donors (Lipinski definition) is 2. The molecule has 0 amide bonds. The quantitative estimate of drug-likeness (QED) is 0.794. The fourth-order valence-corrected chi connectivity index (χ4v) is 1.49. The summed E-state index contributed by atoms with van der Waals surface area (Å²) in [5.74, 6) is -5.55.